The lowest BCUT2D eigenvalue weighted by Crippen LogP contribution is -2.67. The summed E-state index contributed by atoms with van der Waals surface area (Å²) in [4.78, 5) is 0. The molecule has 0 bridgehead atoms. The third kappa shape index (κ3) is 5.36. The smallest absolute Gasteiger partial charge is 0.129 e. The minimum atomic E-state index is 0.839. The van der Waals surface area contributed by atoms with E-state index in [-0.39, 0.29) is 0 Å². The molecule has 5 nitrogen and oxygen atoms in total. The van der Waals surface area contributed by atoms with Crippen molar-refractivity contribution in [3.05, 3.63) is 0 Å². The molecule has 0 aromatic rings. The number of piperazine rings is 1. The first-order valence-electron chi connectivity index (χ1n) is 7.25. The van der Waals surface area contributed by atoms with Gasteiger partial charge in [-0.1, -0.05) is 0 Å². The molecule has 1 aliphatic rings. The van der Waals surface area contributed by atoms with Crippen molar-refractivity contribution >= 4 is 0 Å². The van der Waals surface area contributed by atoms with Crippen LogP contribution >= 0.6 is 0 Å². The van der Waals surface area contributed by atoms with E-state index in [0.29, 0.717) is 0 Å². The number of ether oxygens (including phenoxy) is 3. The van der Waals surface area contributed by atoms with Crippen molar-refractivity contribution in [2.24, 2.45) is 0 Å². The summed E-state index contributed by atoms with van der Waals surface area (Å²) in [5.74, 6) is 0. The van der Waals surface area contributed by atoms with E-state index in [4.69, 9.17) is 14.2 Å². The van der Waals surface area contributed by atoms with E-state index in [0.717, 1.165) is 48.4 Å². The SMILES string of the molecule is COCC[N+]1(C)CC[N+](CCOC)(CCOC)CC1. The molecule has 0 unspecified atom stereocenters. The summed E-state index contributed by atoms with van der Waals surface area (Å²) >= 11 is 0. The van der Waals surface area contributed by atoms with Crippen LogP contribution in [0.25, 0.3) is 0 Å². The Labute approximate surface area is 118 Å². The van der Waals surface area contributed by atoms with Crippen LogP contribution in [0.5, 0.6) is 0 Å². The molecule has 1 rings (SSSR count). The summed E-state index contributed by atoms with van der Waals surface area (Å²) in [7, 11) is 7.71. The van der Waals surface area contributed by atoms with E-state index in [1.807, 2.05) is 0 Å². The summed E-state index contributed by atoms with van der Waals surface area (Å²) in [5.41, 5.74) is 0. The minimum absolute atomic E-state index is 0.839. The lowest BCUT2D eigenvalue weighted by molar-refractivity contribution is -1.02. The van der Waals surface area contributed by atoms with Gasteiger partial charge in [0.1, 0.15) is 45.8 Å². The van der Waals surface area contributed by atoms with Gasteiger partial charge < -0.3 is 23.2 Å². The molecule has 114 valence electrons. The summed E-state index contributed by atoms with van der Waals surface area (Å²) < 4.78 is 18.1. The fourth-order valence-corrected chi connectivity index (χ4v) is 2.79. The standard InChI is InChI=1S/C14H32N2O3/c1-15(9-12-17-2)5-7-16(8-6-15,10-13-18-3)11-14-19-4/h5-14H2,1-4H3/q+2. The van der Waals surface area contributed by atoms with Crippen molar-refractivity contribution in [1.29, 1.82) is 0 Å². The van der Waals surface area contributed by atoms with Crippen LogP contribution in [0.4, 0.5) is 0 Å². The molecule has 0 aromatic carbocycles. The third-order valence-corrected chi connectivity index (χ3v) is 4.60. The van der Waals surface area contributed by atoms with E-state index >= 15 is 0 Å². The second-order valence-corrected chi connectivity index (χ2v) is 6.00. The molecule has 1 aliphatic heterocycles. The zero-order valence-electron chi connectivity index (χ0n) is 13.2. The summed E-state index contributed by atoms with van der Waals surface area (Å²) in [6, 6.07) is 0. The maximum absolute atomic E-state index is 5.28. The molecule has 19 heavy (non-hydrogen) atoms. The Morgan fingerprint density at radius 2 is 1.11 bits per heavy atom. The first kappa shape index (κ1) is 16.9. The Kier molecular flexibility index (Phi) is 7.25. The molecule has 1 fully saturated rings. The molecule has 5 heteroatoms. The number of nitrogens with zero attached hydrogens (tertiary/aromatic N) is 2. The van der Waals surface area contributed by atoms with Crippen molar-refractivity contribution in [3.8, 4) is 0 Å². The highest BCUT2D eigenvalue weighted by Gasteiger charge is 2.39. The topological polar surface area (TPSA) is 27.7 Å². The van der Waals surface area contributed by atoms with Crippen LogP contribution in [0.3, 0.4) is 0 Å². The predicted molar refractivity (Wildman–Crippen MR) is 76.1 cm³/mol. The van der Waals surface area contributed by atoms with Gasteiger partial charge in [0, 0.05) is 21.3 Å². The summed E-state index contributed by atoms with van der Waals surface area (Å²) in [5, 5.41) is 0. The number of likely N-dealkylation sites (N-methyl/N-ethyl adjacent to an activating group) is 1. The highest BCUT2D eigenvalue weighted by atomic mass is 16.5. The molecule has 0 aromatic heterocycles. The zero-order chi connectivity index (χ0) is 14.2. The maximum atomic E-state index is 5.28. The van der Waals surface area contributed by atoms with Crippen LogP contribution in [0.1, 0.15) is 0 Å². The van der Waals surface area contributed by atoms with Gasteiger partial charge in [-0.2, -0.15) is 0 Å². The first-order chi connectivity index (χ1) is 9.10. The highest BCUT2D eigenvalue weighted by molar-refractivity contribution is 4.54. The van der Waals surface area contributed by atoms with Crippen molar-refractivity contribution < 1.29 is 23.2 Å². The average Bonchev–Trinajstić information content (AvgIpc) is 2.44. The number of rotatable bonds is 9. The quantitative estimate of drug-likeness (QED) is 0.563. The highest BCUT2D eigenvalue weighted by Crippen LogP contribution is 2.17. The molecule has 0 aliphatic carbocycles. The Morgan fingerprint density at radius 3 is 1.53 bits per heavy atom. The van der Waals surface area contributed by atoms with Gasteiger partial charge in [0.2, 0.25) is 0 Å². The number of hydrogen-bond donors (Lipinski definition) is 0. The fraction of sp³-hybridized carbons (Fsp3) is 1.00. The molecule has 0 atom stereocenters. The fourth-order valence-electron chi connectivity index (χ4n) is 2.79. The molecule has 1 heterocycles. The van der Waals surface area contributed by atoms with Crippen LogP contribution in [-0.2, 0) is 14.2 Å². The molecular weight excluding hydrogens is 244 g/mol. The largest absolute Gasteiger partial charge is 0.379 e. The molecular formula is C14H32N2O3+2. The first-order valence-corrected chi connectivity index (χ1v) is 7.25. The molecule has 0 amide bonds. The second kappa shape index (κ2) is 8.17. The maximum Gasteiger partial charge on any atom is 0.129 e. The molecule has 0 spiro atoms. The molecule has 0 saturated carbocycles. The van der Waals surface area contributed by atoms with E-state index in [1.165, 1.54) is 26.2 Å². The van der Waals surface area contributed by atoms with Crippen LogP contribution in [0, 0.1) is 0 Å². The van der Waals surface area contributed by atoms with Crippen LogP contribution in [0.15, 0.2) is 0 Å². The van der Waals surface area contributed by atoms with Gasteiger partial charge in [-0.15, -0.1) is 0 Å². The monoisotopic (exact) mass is 276 g/mol. The van der Waals surface area contributed by atoms with Crippen molar-refractivity contribution in [2.75, 3.05) is 94.0 Å². The molecule has 1 saturated heterocycles. The van der Waals surface area contributed by atoms with Gasteiger partial charge in [0.15, 0.2) is 0 Å². The Morgan fingerprint density at radius 1 is 0.684 bits per heavy atom. The van der Waals surface area contributed by atoms with Crippen molar-refractivity contribution in [3.63, 3.8) is 0 Å². The van der Waals surface area contributed by atoms with Gasteiger partial charge in [0.05, 0.1) is 26.9 Å². The Balaban J connectivity index is 2.52. The normalized spacial score (nSPS) is 21.5. The van der Waals surface area contributed by atoms with Crippen molar-refractivity contribution in [2.45, 2.75) is 0 Å². The summed E-state index contributed by atoms with van der Waals surface area (Å²) in [6.07, 6.45) is 0. The van der Waals surface area contributed by atoms with E-state index in [1.54, 1.807) is 21.3 Å². The summed E-state index contributed by atoms with van der Waals surface area (Å²) in [6.45, 7) is 10.7. The third-order valence-electron chi connectivity index (χ3n) is 4.60. The molecule has 0 N–H and O–H groups in total. The predicted octanol–water partition coefficient (Wildman–Crippen LogP) is 0.203. The number of quaternary nitrogens is 2. The Hall–Kier alpha value is -0.200. The second-order valence-electron chi connectivity index (χ2n) is 6.00. The number of methoxy groups -OCH3 is 3. The molecule has 0 radical (unpaired) electrons. The van der Waals surface area contributed by atoms with Crippen LogP contribution < -0.4 is 0 Å². The van der Waals surface area contributed by atoms with Gasteiger partial charge in [-0.3, -0.25) is 0 Å². The zero-order valence-corrected chi connectivity index (χ0v) is 13.2. The lowest BCUT2D eigenvalue weighted by atomic mass is 10.2. The van der Waals surface area contributed by atoms with Gasteiger partial charge in [0.25, 0.3) is 0 Å². The van der Waals surface area contributed by atoms with Gasteiger partial charge >= 0.3 is 0 Å². The van der Waals surface area contributed by atoms with Crippen molar-refractivity contribution in [1.82, 2.24) is 0 Å². The van der Waals surface area contributed by atoms with Gasteiger partial charge in [-0.25, -0.2) is 0 Å². The van der Waals surface area contributed by atoms with Crippen LogP contribution in [0.2, 0.25) is 0 Å². The van der Waals surface area contributed by atoms with E-state index in [9.17, 15) is 0 Å². The minimum Gasteiger partial charge on any atom is -0.379 e. The number of hydrogen-bond acceptors (Lipinski definition) is 3. The lowest BCUT2D eigenvalue weighted by Gasteiger charge is -2.48. The van der Waals surface area contributed by atoms with Crippen LogP contribution in [-0.4, -0.2) is 103 Å². The van der Waals surface area contributed by atoms with Gasteiger partial charge in [-0.05, 0) is 0 Å². The average molecular weight is 276 g/mol. The van der Waals surface area contributed by atoms with E-state index < -0.39 is 0 Å². The Bertz CT molecular complexity index is 231. The van der Waals surface area contributed by atoms with E-state index in [2.05, 4.69) is 7.05 Å².